The zero-order chi connectivity index (χ0) is 12.2. The van der Waals surface area contributed by atoms with Gasteiger partial charge in [-0.2, -0.15) is 0 Å². The Morgan fingerprint density at radius 1 is 0.944 bits per heavy atom. The molecule has 2 nitrogen and oxygen atoms in total. The molecule has 0 saturated heterocycles. The van der Waals surface area contributed by atoms with Gasteiger partial charge in [0.1, 0.15) is 0 Å². The largest absolute Gasteiger partial charge is 0.265 e. The van der Waals surface area contributed by atoms with E-state index in [1.165, 1.54) is 30.4 Å². The van der Waals surface area contributed by atoms with E-state index >= 15 is 0 Å². The number of hydrogen-bond acceptors (Lipinski definition) is 2. The van der Waals surface area contributed by atoms with Crippen LogP contribution in [-0.2, 0) is 12.8 Å². The molecular weight excluding hydrogens is 220 g/mol. The summed E-state index contributed by atoms with van der Waals surface area (Å²) in [7, 11) is 0. The Labute approximate surface area is 108 Å². The van der Waals surface area contributed by atoms with Crippen LogP contribution in [-0.4, -0.2) is 9.97 Å². The van der Waals surface area contributed by atoms with Gasteiger partial charge in [-0.3, -0.25) is 9.97 Å². The van der Waals surface area contributed by atoms with Gasteiger partial charge >= 0.3 is 0 Å². The van der Waals surface area contributed by atoms with Crippen LogP contribution in [0, 0.1) is 11.8 Å². The van der Waals surface area contributed by atoms with Gasteiger partial charge in [-0.25, -0.2) is 0 Å². The van der Waals surface area contributed by atoms with Crippen LogP contribution >= 0.6 is 0 Å². The predicted octanol–water partition coefficient (Wildman–Crippen LogP) is 3.29. The van der Waals surface area contributed by atoms with Crippen molar-refractivity contribution in [2.75, 3.05) is 0 Å². The molecule has 3 rings (SSSR count). The molecule has 2 aromatic rings. The van der Waals surface area contributed by atoms with Gasteiger partial charge in [0, 0.05) is 24.8 Å². The second-order valence-electron chi connectivity index (χ2n) is 5.22. The van der Waals surface area contributed by atoms with Gasteiger partial charge < -0.3 is 0 Å². The quantitative estimate of drug-likeness (QED) is 0.798. The topological polar surface area (TPSA) is 25.8 Å². The lowest BCUT2D eigenvalue weighted by Crippen LogP contribution is -2.11. The Balaban J connectivity index is 1.69. The minimum atomic E-state index is 0.761. The molecular formula is C16H18N2. The average molecular weight is 238 g/mol. The molecule has 1 fully saturated rings. The van der Waals surface area contributed by atoms with Crippen molar-refractivity contribution in [3.8, 4) is 0 Å². The van der Waals surface area contributed by atoms with Crippen molar-refractivity contribution >= 4 is 0 Å². The molecule has 1 aliphatic rings. The number of hydrogen-bond donors (Lipinski definition) is 0. The zero-order valence-electron chi connectivity index (χ0n) is 10.5. The maximum absolute atomic E-state index is 4.21. The lowest BCUT2D eigenvalue weighted by molar-refractivity contribution is 0.456. The van der Waals surface area contributed by atoms with Crippen molar-refractivity contribution in [2.45, 2.75) is 25.7 Å². The highest BCUT2D eigenvalue weighted by molar-refractivity contribution is 5.15. The summed E-state index contributed by atoms with van der Waals surface area (Å²) in [5, 5.41) is 0. The zero-order valence-corrected chi connectivity index (χ0v) is 10.5. The van der Waals surface area contributed by atoms with Gasteiger partial charge in [-0.05, 0) is 66.8 Å². The Bertz CT molecular complexity index is 435. The number of pyridine rings is 2. The molecule has 0 radical (unpaired) electrons. The molecule has 2 aromatic heterocycles. The lowest BCUT2D eigenvalue weighted by Gasteiger charge is -2.16. The van der Waals surface area contributed by atoms with Crippen molar-refractivity contribution < 1.29 is 0 Å². The molecule has 18 heavy (non-hydrogen) atoms. The number of nitrogens with zero attached hydrogens (tertiary/aromatic N) is 2. The third-order valence-corrected chi connectivity index (χ3v) is 3.76. The van der Waals surface area contributed by atoms with Crippen LogP contribution in [0.5, 0.6) is 0 Å². The summed E-state index contributed by atoms with van der Waals surface area (Å²) in [4.78, 5) is 8.30. The van der Waals surface area contributed by atoms with Crippen LogP contribution < -0.4 is 0 Å². The van der Waals surface area contributed by atoms with Crippen LogP contribution in [0.15, 0.2) is 49.1 Å². The third-order valence-electron chi connectivity index (χ3n) is 3.76. The first-order chi connectivity index (χ1) is 8.92. The van der Waals surface area contributed by atoms with Gasteiger partial charge in [0.05, 0.1) is 0 Å². The fraction of sp³-hybridized carbons (Fsp3) is 0.375. The van der Waals surface area contributed by atoms with Crippen LogP contribution in [0.1, 0.15) is 24.0 Å². The normalized spacial score (nSPS) is 16.4. The SMILES string of the molecule is c1cncc(CC(Cc2ccncc2)C2CC2)c1. The van der Waals surface area contributed by atoms with E-state index in [-0.39, 0.29) is 0 Å². The second-order valence-corrected chi connectivity index (χ2v) is 5.22. The molecule has 92 valence electrons. The van der Waals surface area contributed by atoms with Gasteiger partial charge in [-0.15, -0.1) is 0 Å². The molecule has 0 N–H and O–H groups in total. The molecule has 1 aliphatic carbocycles. The number of rotatable bonds is 5. The molecule has 1 unspecified atom stereocenters. The van der Waals surface area contributed by atoms with Gasteiger partial charge in [0.15, 0.2) is 0 Å². The summed E-state index contributed by atoms with van der Waals surface area (Å²) in [6, 6.07) is 8.50. The highest BCUT2D eigenvalue weighted by Gasteiger charge is 2.31. The Morgan fingerprint density at radius 2 is 1.72 bits per heavy atom. The van der Waals surface area contributed by atoms with Crippen molar-refractivity contribution in [1.29, 1.82) is 0 Å². The van der Waals surface area contributed by atoms with E-state index < -0.39 is 0 Å². The lowest BCUT2D eigenvalue weighted by atomic mass is 9.89. The minimum Gasteiger partial charge on any atom is -0.265 e. The summed E-state index contributed by atoms with van der Waals surface area (Å²) in [6.45, 7) is 0. The fourth-order valence-electron chi connectivity index (χ4n) is 2.62. The summed E-state index contributed by atoms with van der Waals surface area (Å²) in [5.41, 5.74) is 2.77. The maximum atomic E-state index is 4.21. The molecule has 2 heterocycles. The van der Waals surface area contributed by atoms with Crippen molar-refractivity contribution in [2.24, 2.45) is 11.8 Å². The van der Waals surface area contributed by atoms with Crippen LogP contribution in [0.3, 0.4) is 0 Å². The van der Waals surface area contributed by atoms with Crippen LogP contribution in [0.4, 0.5) is 0 Å². The molecule has 2 heteroatoms. The molecule has 0 bridgehead atoms. The molecule has 1 saturated carbocycles. The van der Waals surface area contributed by atoms with Gasteiger partial charge in [0.25, 0.3) is 0 Å². The van der Waals surface area contributed by atoms with Gasteiger partial charge in [-0.1, -0.05) is 6.07 Å². The van der Waals surface area contributed by atoms with E-state index in [4.69, 9.17) is 0 Å². The predicted molar refractivity (Wildman–Crippen MR) is 72.1 cm³/mol. The van der Waals surface area contributed by atoms with Crippen LogP contribution in [0.25, 0.3) is 0 Å². The van der Waals surface area contributed by atoms with E-state index in [1.807, 2.05) is 30.9 Å². The Morgan fingerprint density at radius 3 is 2.39 bits per heavy atom. The summed E-state index contributed by atoms with van der Waals surface area (Å²) in [5.74, 6) is 1.68. The smallest absolute Gasteiger partial charge is 0.0299 e. The highest BCUT2D eigenvalue weighted by atomic mass is 14.6. The molecule has 0 spiro atoms. The van der Waals surface area contributed by atoms with Crippen LogP contribution in [0.2, 0.25) is 0 Å². The van der Waals surface area contributed by atoms with Crippen molar-refractivity contribution in [3.05, 3.63) is 60.2 Å². The van der Waals surface area contributed by atoms with Crippen molar-refractivity contribution in [3.63, 3.8) is 0 Å². The first kappa shape index (κ1) is 11.4. The first-order valence-corrected chi connectivity index (χ1v) is 6.69. The second kappa shape index (κ2) is 5.30. The average Bonchev–Trinajstić information content (AvgIpc) is 3.25. The molecule has 0 aromatic carbocycles. The highest BCUT2D eigenvalue weighted by Crippen LogP contribution is 2.40. The third kappa shape index (κ3) is 2.95. The van der Waals surface area contributed by atoms with Crippen molar-refractivity contribution in [1.82, 2.24) is 9.97 Å². The molecule has 1 atom stereocenters. The van der Waals surface area contributed by atoms with E-state index in [1.54, 1.807) is 0 Å². The summed E-state index contributed by atoms with van der Waals surface area (Å²) < 4.78 is 0. The Hall–Kier alpha value is -1.70. The van der Waals surface area contributed by atoms with E-state index in [9.17, 15) is 0 Å². The summed E-state index contributed by atoms with van der Waals surface area (Å²) in [6.07, 6.45) is 12.8. The van der Waals surface area contributed by atoms with E-state index in [2.05, 4.69) is 28.2 Å². The summed E-state index contributed by atoms with van der Waals surface area (Å²) >= 11 is 0. The molecule has 0 amide bonds. The maximum Gasteiger partial charge on any atom is 0.0299 e. The fourth-order valence-corrected chi connectivity index (χ4v) is 2.62. The minimum absolute atomic E-state index is 0.761. The first-order valence-electron chi connectivity index (χ1n) is 6.69. The Kier molecular flexibility index (Phi) is 3.35. The number of aromatic nitrogens is 2. The molecule has 0 aliphatic heterocycles. The standard InChI is InChI=1S/C16H18N2/c1-2-14(12-18-7-1)11-16(15-3-4-15)10-13-5-8-17-9-6-13/h1-2,5-9,12,15-16H,3-4,10-11H2. The van der Waals surface area contributed by atoms with E-state index in [0.29, 0.717) is 0 Å². The monoisotopic (exact) mass is 238 g/mol. The van der Waals surface area contributed by atoms with Gasteiger partial charge in [0.2, 0.25) is 0 Å². The van der Waals surface area contributed by atoms with E-state index in [0.717, 1.165) is 18.3 Å².